The fourth-order valence-electron chi connectivity index (χ4n) is 2.46. The number of aromatic nitrogens is 2. The molecule has 0 aliphatic heterocycles. The maximum atomic E-state index is 4.45. The van der Waals surface area contributed by atoms with Gasteiger partial charge in [-0.15, -0.1) is 0 Å². The summed E-state index contributed by atoms with van der Waals surface area (Å²) in [5.41, 5.74) is 2.28. The third kappa shape index (κ3) is 1.88. The standard InChI is InChI=1S/C12H19N3/c1-4-13-11-7-10(8(11)2)12-9(3)14-5-6-15-12/h5-6,8,10-11,13H,4,7H2,1-3H3. The summed E-state index contributed by atoms with van der Waals surface area (Å²) in [6, 6.07) is 0.668. The van der Waals surface area contributed by atoms with Crippen molar-refractivity contribution in [2.75, 3.05) is 6.54 Å². The van der Waals surface area contributed by atoms with Gasteiger partial charge in [0.2, 0.25) is 0 Å². The Labute approximate surface area is 91.3 Å². The Morgan fingerprint density at radius 1 is 1.40 bits per heavy atom. The second-order valence-electron chi connectivity index (χ2n) is 4.39. The fourth-order valence-corrected chi connectivity index (χ4v) is 2.46. The SMILES string of the molecule is CCNC1CC(c2nccnc2C)C1C. The van der Waals surface area contributed by atoms with Crippen molar-refractivity contribution >= 4 is 0 Å². The molecule has 1 fully saturated rings. The highest BCUT2D eigenvalue weighted by Gasteiger charge is 2.39. The van der Waals surface area contributed by atoms with Gasteiger partial charge < -0.3 is 5.32 Å². The van der Waals surface area contributed by atoms with Crippen LogP contribution in [0.4, 0.5) is 0 Å². The van der Waals surface area contributed by atoms with Crippen LogP contribution in [0.5, 0.6) is 0 Å². The lowest BCUT2D eigenvalue weighted by Gasteiger charge is -2.43. The molecule has 0 bridgehead atoms. The number of hydrogen-bond donors (Lipinski definition) is 1. The van der Waals surface area contributed by atoms with E-state index in [-0.39, 0.29) is 0 Å². The Morgan fingerprint density at radius 3 is 2.73 bits per heavy atom. The van der Waals surface area contributed by atoms with Crippen LogP contribution >= 0.6 is 0 Å². The molecule has 0 aromatic carbocycles. The summed E-state index contributed by atoms with van der Waals surface area (Å²) in [6.07, 6.45) is 4.77. The molecule has 0 spiro atoms. The lowest BCUT2D eigenvalue weighted by molar-refractivity contribution is 0.182. The van der Waals surface area contributed by atoms with Crippen LogP contribution in [0.2, 0.25) is 0 Å². The maximum Gasteiger partial charge on any atom is 0.0650 e. The van der Waals surface area contributed by atoms with E-state index >= 15 is 0 Å². The van der Waals surface area contributed by atoms with Gasteiger partial charge in [0, 0.05) is 24.4 Å². The minimum Gasteiger partial charge on any atom is -0.314 e. The van der Waals surface area contributed by atoms with Crippen molar-refractivity contribution in [1.82, 2.24) is 15.3 Å². The molecule has 1 aromatic heterocycles. The molecule has 1 heterocycles. The lowest BCUT2D eigenvalue weighted by Crippen LogP contribution is -2.48. The van der Waals surface area contributed by atoms with E-state index in [0.29, 0.717) is 17.9 Å². The minimum absolute atomic E-state index is 0.600. The zero-order chi connectivity index (χ0) is 10.8. The van der Waals surface area contributed by atoms with Crippen LogP contribution in [0.1, 0.15) is 37.6 Å². The molecule has 3 nitrogen and oxygen atoms in total. The molecule has 0 radical (unpaired) electrons. The molecule has 1 aliphatic carbocycles. The first-order valence-corrected chi connectivity index (χ1v) is 5.75. The summed E-state index contributed by atoms with van der Waals surface area (Å²) < 4.78 is 0. The van der Waals surface area contributed by atoms with Gasteiger partial charge in [0.1, 0.15) is 0 Å². The van der Waals surface area contributed by atoms with Gasteiger partial charge in [-0.25, -0.2) is 0 Å². The van der Waals surface area contributed by atoms with E-state index in [2.05, 4.69) is 36.1 Å². The molecule has 2 rings (SSSR count). The molecule has 15 heavy (non-hydrogen) atoms. The Hall–Kier alpha value is -0.960. The highest BCUT2D eigenvalue weighted by molar-refractivity contribution is 5.20. The maximum absolute atomic E-state index is 4.45. The first-order chi connectivity index (χ1) is 7.24. The second kappa shape index (κ2) is 4.27. The smallest absolute Gasteiger partial charge is 0.0650 e. The molecular weight excluding hydrogens is 186 g/mol. The van der Waals surface area contributed by atoms with Gasteiger partial charge in [0.25, 0.3) is 0 Å². The van der Waals surface area contributed by atoms with Gasteiger partial charge in [0.15, 0.2) is 0 Å². The number of nitrogens with one attached hydrogen (secondary N) is 1. The topological polar surface area (TPSA) is 37.8 Å². The Morgan fingerprint density at radius 2 is 2.13 bits per heavy atom. The van der Waals surface area contributed by atoms with Crippen LogP contribution in [0.3, 0.4) is 0 Å². The lowest BCUT2D eigenvalue weighted by atomic mass is 9.68. The minimum atomic E-state index is 0.600. The molecule has 1 saturated carbocycles. The number of aryl methyl sites for hydroxylation is 1. The highest BCUT2D eigenvalue weighted by Crippen LogP contribution is 2.42. The monoisotopic (exact) mass is 205 g/mol. The first-order valence-electron chi connectivity index (χ1n) is 5.75. The highest BCUT2D eigenvalue weighted by atomic mass is 14.9. The number of hydrogen-bond acceptors (Lipinski definition) is 3. The molecule has 1 aliphatic rings. The summed E-state index contributed by atoms with van der Waals surface area (Å²) >= 11 is 0. The second-order valence-corrected chi connectivity index (χ2v) is 4.39. The Bertz CT molecular complexity index is 337. The third-order valence-electron chi connectivity index (χ3n) is 3.51. The van der Waals surface area contributed by atoms with E-state index in [0.717, 1.165) is 12.2 Å². The van der Waals surface area contributed by atoms with Crippen molar-refractivity contribution in [2.45, 2.75) is 39.2 Å². The fraction of sp³-hybridized carbons (Fsp3) is 0.667. The summed E-state index contributed by atoms with van der Waals surface area (Å²) in [6.45, 7) is 7.57. The van der Waals surface area contributed by atoms with Gasteiger partial charge in [-0.05, 0) is 25.8 Å². The van der Waals surface area contributed by atoms with Gasteiger partial charge >= 0.3 is 0 Å². The molecule has 82 valence electrons. The van der Waals surface area contributed by atoms with Crippen LogP contribution in [0, 0.1) is 12.8 Å². The van der Waals surface area contributed by atoms with Gasteiger partial charge in [-0.2, -0.15) is 0 Å². The zero-order valence-corrected chi connectivity index (χ0v) is 9.70. The predicted octanol–water partition coefficient (Wildman–Crippen LogP) is 1.89. The van der Waals surface area contributed by atoms with Crippen molar-refractivity contribution in [3.05, 3.63) is 23.8 Å². The van der Waals surface area contributed by atoms with Crippen LogP contribution in [-0.4, -0.2) is 22.6 Å². The van der Waals surface area contributed by atoms with Crippen LogP contribution in [-0.2, 0) is 0 Å². The molecule has 3 heteroatoms. The molecule has 1 aromatic rings. The van der Waals surface area contributed by atoms with E-state index in [9.17, 15) is 0 Å². The van der Waals surface area contributed by atoms with Gasteiger partial charge in [-0.3, -0.25) is 9.97 Å². The van der Waals surface area contributed by atoms with E-state index < -0.39 is 0 Å². The Balaban J connectivity index is 2.06. The van der Waals surface area contributed by atoms with Crippen LogP contribution in [0.15, 0.2) is 12.4 Å². The zero-order valence-electron chi connectivity index (χ0n) is 9.70. The largest absolute Gasteiger partial charge is 0.314 e. The van der Waals surface area contributed by atoms with E-state index in [1.54, 1.807) is 12.4 Å². The number of rotatable bonds is 3. The van der Waals surface area contributed by atoms with E-state index in [4.69, 9.17) is 0 Å². The average Bonchev–Trinajstić information content (AvgIpc) is 2.25. The third-order valence-corrected chi connectivity index (χ3v) is 3.51. The average molecular weight is 205 g/mol. The van der Waals surface area contributed by atoms with Gasteiger partial charge in [0.05, 0.1) is 11.4 Å². The van der Waals surface area contributed by atoms with Crippen LogP contribution in [0.25, 0.3) is 0 Å². The molecule has 3 unspecified atom stereocenters. The normalized spacial score (nSPS) is 29.9. The molecular formula is C12H19N3. The van der Waals surface area contributed by atoms with Gasteiger partial charge in [-0.1, -0.05) is 13.8 Å². The van der Waals surface area contributed by atoms with E-state index in [1.165, 1.54) is 12.1 Å². The summed E-state index contributed by atoms with van der Waals surface area (Å²) in [4.78, 5) is 8.76. The van der Waals surface area contributed by atoms with E-state index in [1.807, 2.05) is 0 Å². The van der Waals surface area contributed by atoms with Crippen molar-refractivity contribution < 1.29 is 0 Å². The molecule has 0 amide bonds. The number of nitrogens with zero attached hydrogens (tertiary/aromatic N) is 2. The quantitative estimate of drug-likeness (QED) is 0.818. The van der Waals surface area contributed by atoms with Crippen molar-refractivity contribution in [2.24, 2.45) is 5.92 Å². The predicted molar refractivity (Wildman–Crippen MR) is 60.8 cm³/mol. The summed E-state index contributed by atoms with van der Waals surface area (Å²) in [5, 5.41) is 3.50. The van der Waals surface area contributed by atoms with Crippen molar-refractivity contribution in [3.63, 3.8) is 0 Å². The van der Waals surface area contributed by atoms with Crippen molar-refractivity contribution in [3.8, 4) is 0 Å². The Kier molecular flexibility index (Phi) is 3.00. The molecule has 1 N–H and O–H groups in total. The summed E-state index contributed by atoms with van der Waals surface area (Å²) in [5.74, 6) is 1.28. The molecule has 3 atom stereocenters. The van der Waals surface area contributed by atoms with Crippen molar-refractivity contribution in [1.29, 1.82) is 0 Å². The molecule has 0 saturated heterocycles. The summed E-state index contributed by atoms with van der Waals surface area (Å²) in [7, 11) is 0. The first kappa shape index (κ1) is 10.6. The van der Waals surface area contributed by atoms with Crippen LogP contribution < -0.4 is 5.32 Å².